The smallest absolute Gasteiger partial charge is 0.164 e. The Morgan fingerprint density at radius 3 is 1.15 bits per heavy atom. The summed E-state index contributed by atoms with van der Waals surface area (Å²) in [4.78, 5) is 30.2. The molecule has 0 N–H and O–H groups in total. The van der Waals surface area contributed by atoms with Crippen molar-refractivity contribution in [1.82, 2.24) is 29.9 Å². The van der Waals surface area contributed by atoms with Crippen LogP contribution in [0.1, 0.15) is 24.8 Å². The van der Waals surface area contributed by atoms with Crippen LogP contribution in [-0.4, -0.2) is 29.9 Å². The third-order valence-electron chi connectivity index (χ3n) is 12.2. The first kappa shape index (κ1) is 31.8. The number of nitrogens with zero attached hydrogens (tertiary/aromatic N) is 6. The van der Waals surface area contributed by atoms with Crippen molar-refractivity contribution < 1.29 is 0 Å². The van der Waals surface area contributed by atoms with Gasteiger partial charge in [-0.2, -0.15) is 0 Å². The zero-order valence-electron chi connectivity index (χ0n) is 30.1. The molecule has 6 nitrogen and oxygen atoms in total. The van der Waals surface area contributed by atoms with Gasteiger partial charge < -0.3 is 0 Å². The van der Waals surface area contributed by atoms with Gasteiger partial charge in [0.05, 0.1) is 0 Å². The van der Waals surface area contributed by atoms with Gasteiger partial charge in [-0.15, -0.1) is 0 Å². The highest BCUT2D eigenvalue weighted by Gasteiger charge is 2.71. The maximum absolute atomic E-state index is 5.15. The van der Waals surface area contributed by atoms with Crippen molar-refractivity contribution in [2.45, 2.75) is 24.7 Å². The van der Waals surface area contributed by atoms with Gasteiger partial charge >= 0.3 is 0 Å². The molecule has 3 aliphatic carbocycles. The zero-order valence-corrected chi connectivity index (χ0v) is 30.1. The molecule has 0 saturated heterocycles. The second-order valence-electron chi connectivity index (χ2n) is 15.3. The Bertz CT molecular complexity index is 2630. The SMILES string of the molecule is c1ccc(-c2cccc(-c3nc(-c4ccc(-c5nc(-c6ccccc6)nc(-c6ccccc6)n5)cc4)nc(-c4cccc(C56CC7CC(C5)C76)c4)n3)c2)cc1. The number of hydrogen-bond donors (Lipinski definition) is 0. The fourth-order valence-electron chi connectivity index (χ4n) is 9.50. The van der Waals surface area contributed by atoms with E-state index in [0.29, 0.717) is 40.4 Å². The van der Waals surface area contributed by atoms with Crippen LogP contribution in [0.5, 0.6) is 0 Å². The first-order valence-electron chi connectivity index (χ1n) is 19.2. The van der Waals surface area contributed by atoms with Crippen LogP contribution in [0.4, 0.5) is 0 Å². The topological polar surface area (TPSA) is 77.3 Å². The zero-order chi connectivity index (χ0) is 36.3. The molecule has 3 fully saturated rings. The van der Waals surface area contributed by atoms with Crippen LogP contribution in [0, 0.1) is 17.8 Å². The van der Waals surface area contributed by atoms with E-state index in [1.807, 2.05) is 78.9 Å². The van der Waals surface area contributed by atoms with E-state index in [1.54, 1.807) is 0 Å². The van der Waals surface area contributed by atoms with Gasteiger partial charge in [0.25, 0.3) is 0 Å². The van der Waals surface area contributed by atoms with E-state index in [2.05, 4.69) is 84.9 Å². The molecule has 2 atom stereocenters. The minimum absolute atomic E-state index is 0.359. The highest BCUT2D eigenvalue weighted by Crippen LogP contribution is 2.77. The Morgan fingerprint density at radius 2 is 0.691 bits per heavy atom. The molecule has 2 unspecified atom stereocenters. The summed E-state index contributed by atoms with van der Waals surface area (Å²) in [6.07, 6.45) is 4.08. The maximum Gasteiger partial charge on any atom is 0.164 e. The molecule has 55 heavy (non-hydrogen) atoms. The average Bonchev–Trinajstić information content (AvgIpc) is 3.27. The first-order chi connectivity index (χ1) is 27.2. The van der Waals surface area contributed by atoms with Crippen molar-refractivity contribution in [1.29, 1.82) is 0 Å². The molecule has 0 spiro atoms. The van der Waals surface area contributed by atoms with Crippen molar-refractivity contribution in [2.75, 3.05) is 0 Å². The van der Waals surface area contributed by atoms with Crippen molar-refractivity contribution >= 4 is 0 Å². The molecule has 2 aromatic heterocycles. The van der Waals surface area contributed by atoms with Gasteiger partial charge in [-0.05, 0) is 71.3 Å². The Morgan fingerprint density at radius 1 is 0.327 bits per heavy atom. The summed E-state index contributed by atoms with van der Waals surface area (Å²) in [7, 11) is 0. The summed E-state index contributed by atoms with van der Waals surface area (Å²) >= 11 is 0. The monoisotopic (exact) mass is 708 g/mol. The van der Waals surface area contributed by atoms with Crippen LogP contribution in [0.25, 0.3) is 79.5 Å². The van der Waals surface area contributed by atoms with Gasteiger partial charge in [0.2, 0.25) is 0 Å². The lowest BCUT2D eigenvalue weighted by molar-refractivity contribution is -0.219. The predicted molar refractivity (Wildman–Crippen MR) is 217 cm³/mol. The van der Waals surface area contributed by atoms with Crippen molar-refractivity contribution in [3.8, 4) is 79.5 Å². The lowest BCUT2D eigenvalue weighted by Gasteiger charge is -2.76. The summed E-state index contributed by atoms with van der Waals surface area (Å²) in [6.45, 7) is 0. The van der Waals surface area contributed by atoms with Gasteiger partial charge in [0.15, 0.2) is 34.9 Å². The minimum atomic E-state index is 0.359. The Balaban J connectivity index is 0.999. The molecule has 6 heteroatoms. The Hall–Kier alpha value is -6.66. The van der Waals surface area contributed by atoms with Gasteiger partial charge in [0.1, 0.15) is 0 Å². The third kappa shape index (κ3) is 5.47. The quantitative estimate of drug-likeness (QED) is 0.156. The molecule has 6 aromatic carbocycles. The number of benzene rings is 6. The second kappa shape index (κ2) is 12.7. The third-order valence-corrected chi connectivity index (χ3v) is 12.2. The molecule has 0 radical (unpaired) electrons. The lowest BCUT2D eigenvalue weighted by Crippen LogP contribution is -2.71. The second-order valence-corrected chi connectivity index (χ2v) is 15.3. The van der Waals surface area contributed by atoms with Gasteiger partial charge in [-0.25, -0.2) is 29.9 Å². The summed E-state index contributed by atoms with van der Waals surface area (Å²) in [5.41, 5.74) is 9.70. The number of aromatic nitrogens is 6. The molecule has 0 bridgehead atoms. The number of hydrogen-bond acceptors (Lipinski definition) is 6. The molecular weight excluding hydrogens is 673 g/mol. The van der Waals surface area contributed by atoms with Crippen LogP contribution in [0.3, 0.4) is 0 Å². The molecule has 2 heterocycles. The highest BCUT2D eigenvalue weighted by molar-refractivity contribution is 5.74. The number of rotatable bonds is 8. The Labute approximate surface area is 320 Å². The standard InChI is InChI=1S/C49H36N6/c1-4-12-31(13-5-1)36-18-10-19-37(26-36)47-53-46(54-48(55-47)38-20-11-21-41(28-38)49-29-39-27-40(30-49)42(39)49)35-24-22-34(23-25-35)45-51-43(32-14-6-2-7-15-32)50-44(52-45)33-16-8-3-9-17-33/h1-26,28,39-40,42H,27,29-30H2. The van der Waals surface area contributed by atoms with Crippen LogP contribution < -0.4 is 0 Å². The summed E-state index contributed by atoms with van der Waals surface area (Å²) in [5, 5.41) is 0. The molecular formula is C49H36N6. The summed E-state index contributed by atoms with van der Waals surface area (Å²) in [5.74, 6) is 6.57. The van der Waals surface area contributed by atoms with Crippen LogP contribution >= 0.6 is 0 Å². The van der Waals surface area contributed by atoms with E-state index in [9.17, 15) is 0 Å². The van der Waals surface area contributed by atoms with Crippen molar-refractivity contribution in [2.24, 2.45) is 17.8 Å². The van der Waals surface area contributed by atoms with E-state index in [1.165, 1.54) is 24.8 Å². The highest BCUT2D eigenvalue weighted by atomic mass is 15.0. The molecule has 0 amide bonds. The largest absolute Gasteiger partial charge is 0.208 e. The summed E-state index contributed by atoms with van der Waals surface area (Å²) in [6, 6.07) is 56.2. The van der Waals surface area contributed by atoms with E-state index in [0.717, 1.165) is 62.3 Å². The van der Waals surface area contributed by atoms with E-state index < -0.39 is 0 Å². The maximum atomic E-state index is 5.15. The van der Waals surface area contributed by atoms with Crippen LogP contribution in [0.15, 0.2) is 164 Å². The van der Waals surface area contributed by atoms with Crippen molar-refractivity contribution in [3.05, 3.63) is 169 Å². The molecule has 3 aliphatic rings. The van der Waals surface area contributed by atoms with Crippen molar-refractivity contribution in [3.63, 3.8) is 0 Å². The first-order valence-corrected chi connectivity index (χ1v) is 19.2. The fraction of sp³-hybridized carbons (Fsp3) is 0.143. The van der Waals surface area contributed by atoms with E-state index in [4.69, 9.17) is 29.9 Å². The van der Waals surface area contributed by atoms with E-state index >= 15 is 0 Å². The Kier molecular flexibility index (Phi) is 7.37. The molecule has 0 aliphatic heterocycles. The van der Waals surface area contributed by atoms with Gasteiger partial charge in [-0.3, -0.25) is 0 Å². The van der Waals surface area contributed by atoms with Gasteiger partial charge in [-0.1, -0.05) is 152 Å². The fourth-order valence-corrected chi connectivity index (χ4v) is 9.50. The minimum Gasteiger partial charge on any atom is -0.208 e. The van der Waals surface area contributed by atoms with Crippen LogP contribution in [0.2, 0.25) is 0 Å². The summed E-state index contributed by atoms with van der Waals surface area (Å²) < 4.78 is 0. The normalized spacial score (nSPS) is 20.4. The molecule has 3 saturated carbocycles. The molecule has 262 valence electrons. The van der Waals surface area contributed by atoms with Gasteiger partial charge in [0, 0.05) is 33.4 Å². The average molecular weight is 709 g/mol. The van der Waals surface area contributed by atoms with E-state index in [-0.39, 0.29) is 0 Å². The molecule has 11 rings (SSSR count). The van der Waals surface area contributed by atoms with Crippen LogP contribution in [-0.2, 0) is 5.41 Å². The lowest BCUT2D eigenvalue weighted by atomic mass is 9.28. The predicted octanol–water partition coefficient (Wildman–Crippen LogP) is 11.0. The molecule has 8 aromatic rings.